The Balaban J connectivity index is 2.10. The highest BCUT2D eigenvalue weighted by molar-refractivity contribution is 6.30. The van der Waals surface area contributed by atoms with Gasteiger partial charge in [-0.05, 0) is 18.1 Å². The van der Waals surface area contributed by atoms with Crippen molar-refractivity contribution in [1.82, 2.24) is 10.3 Å². The molecule has 0 aliphatic carbocycles. The Bertz CT molecular complexity index is 349. The second-order valence-electron chi connectivity index (χ2n) is 3.24. The van der Waals surface area contributed by atoms with Gasteiger partial charge in [0.1, 0.15) is 11.0 Å². The smallest absolute Gasteiger partial charge is 0.132 e. The number of amidine groups is 1. The van der Waals surface area contributed by atoms with E-state index in [1.54, 1.807) is 6.20 Å². The lowest BCUT2D eigenvalue weighted by molar-refractivity contribution is 0.731. The minimum absolute atomic E-state index is 0.572. The molecule has 0 bridgehead atoms. The molecule has 0 aromatic carbocycles. The molecule has 4 heteroatoms. The number of halogens is 1. The van der Waals surface area contributed by atoms with Crippen LogP contribution in [0.5, 0.6) is 0 Å². The summed E-state index contributed by atoms with van der Waals surface area (Å²) >= 11 is 5.95. The van der Waals surface area contributed by atoms with Gasteiger partial charge in [-0.1, -0.05) is 17.7 Å². The third kappa shape index (κ3) is 2.23. The fourth-order valence-corrected chi connectivity index (χ4v) is 1.62. The van der Waals surface area contributed by atoms with Crippen LogP contribution < -0.4 is 5.32 Å². The van der Waals surface area contributed by atoms with Crippen molar-refractivity contribution >= 4 is 17.4 Å². The number of aromatic nitrogens is 1. The first-order valence-electron chi connectivity index (χ1n) is 4.73. The van der Waals surface area contributed by atoms with Gasteiger partial charge in [-0.15, -0.1) is 0 Å². The molecule has 0 saturated carbocycles. The Morgan fingerprint density at radius 3 is 3.14 bits per heavy atom. The predicted octanol–water partition coefficient (Wildman–Crippen LogP) is 1.67. The monoisotopic (exact) mass is 209 g/mol. The van der Waals surface area contributed by atoms with Crippen molar-refractivity contribution in [2.24, 2.45) is 4.99 Å². The van der Waals surface area contributed by atoms with Crippen LogP contribution in [0.4, 0.5) is 0 Å². The maximum absolute atomic E-state index is 5.95. The zero-order chi connectivity index (χ0) is 9.80. The highest BCUT2D eigenvalue weighted by Crippen LogP contribution is 2.12. The molecule has 2 rings (SSSR count). The number of hydrogen-bond acceptors (Lipinski definition) is 3. The van der Waals surface area contributed by atoms with E-state index in [1.165, 1.54) is 0 Å². The number of hydrogen-bond donors (Lipinski definition) is 1. The number of pyridine rings is 1. The summed E-state index contributed by atoms with van der Waals surface area (Å²) in [4.78, 5) is 8.41. The molecule has 74 valence electrons. The summed E-state index contributed by atoms with van der Waals surface area (Å²) in [7, 11) is 0. The zero-order valence-corrected chi connectivity index (χ0v) is 8.59. The van der Waals surface area contributed by atoms with Crippen LogP contribution in [-0.4, -0.2) is 23.9 Å². The van der Waals surface area contributed by atoms with Crippen LogP contribution in [0.25, 0.3) is 0 Å². The van der Waals surface area contributed by atoms with Gasteiger partial charge in [0.25, 0.3) is 0 Å². The molecule has 3 nitrogen and oxygen atoms in total. The molecule has 0 fully saturated rings. The highest BCUT2D eigenvalue weighted by Gasteiger charge is 2.07. The van der Waals surface area contributed by atoms with E-state index < -0.39 is 0 Å². The third-order valence-corrected chi connectivity index (χ3v) is 2.50. The van der Waals surface area contributed by atoms with Gasteiger partial charge in [0.15, 0.2) is 0 Å². The van der Waals surface area contributed by atoms with Crippen LogP contribution in [0, 0.1) is 0 Å². The Labute approximate surface area is 88.2 Å². The molecule has 0 radical (unpaired) electrons. The van der Waals surface area contributed by atoms with Crippen LogP contribution in [-0.2, 0) is 6.42 Å². The summed E-state index contributed by atoms with van der Waals surface area (Å²) in [5.41, 5.74) is 1.03. The van der Waals surface area contributed by atoms with E-state index >= 15 is 0 Å². The van der Waals surface area contributed by atoms with Gasteiger partial charge < -0.3 is 5.32 Å². The largest absolute Gasteiger partial charge is 0.373 e. The number of nitrogens with zero attached hydrogens (tertiary/aromatic N) is 2. The quantitative estimate of drug-likeness (QED) is 0.753. The van der Waals surface area contributed by atoms with E-state index in [0.717, 1.165) is 37.3 Å². The van der Waals surface area contributed by atoms with E-state index in [1.807, 2.05) is 12.1 Å². The van der Waals surface area contributed by atoms with Crippen molar-refractivity contribution < 1.29 is 0 Å². The molecule has 0 spiro atoms. The van der Waals surface area contributed by atoms with E-state index in [2.05, 4.69) is 15.3 Å². The Morgan fingerprint density at radius 2 is 2.43 bits per heavy atom. The lowest BCUT2D eigenvalue weighted by Crippen LogP contribution is -2.31. The second-order valence-corrected chi connectivity index (χ2v) is 3.60. The molecule has 2 heterocycles. The van der Waals surface area contributed by atoms with Crippen LogP contribution in [0.3, 0.4) is 0 Å². The van der Waals surface area contributed by atoms with Crippen LogP contribution >= 0.6 is 11.6 Å². The molecule has 14 heavy (non-hydrogen) atoms. The highest BCUT2D eigenvalue weighted by atomic mass is 35.5. The Morgan fingerprint density at radius 1 is 1.50 bits per heavy atom. The first-order valence-corrected chi connectivity index (χ1v) is 5.10. The lowest BCUT2D eigenvalue weighted by atomic mass is 10.2. The van der Waals surface area contributed by atoms with Gasteiger partial charge in [-0.25, -0.2) is 4.98 Å². The number of aliphatic imine (C=N–C) groups is 1. The molecule has 1 aliphatic heterocycles. The van der Waals surface area contributed by atoms with E-state index in [4.69, 9.17) is 11.6 Å². The van der Waals surface area contributed by atoms with Crippen molar-refractivity contribution in [3.05, 3.63) is 29.0 Å². The van der Waals surface area contributed by atoms with Crippen molar-refractivity contribution in [2.75, 3.05) is 13.1 Å². The molecule has 0 amide bonds. The average Bonchev–Trinajstić information content (AvgIpc) is 2.23. The summed E-state index contributed by atoms with van der Waals surface area (Å²) in [5, 5.41) is 3.83. The van der Waals surface area contributed by atoms with E-state index in [9.17, 15) is 0 Å². The Hall–Kier alpha value is -1.09. The number of rotatable bonds is 2. The molecule has 1 aromatic rings. The lowest BCUT2D eigenvalue weighted by Gasteiger charge is -2.14. The molecule has 1 N–H and O–H groups in total. The van der Waals surface area contributed by atoms with E-state index in [-0.39, 0.29) is 0 Å². The van der Waals surface area contributed by atoms with Gasteiger partial charge >= 0.3 is 0 Å². The first kappa shape index (κ1) is 9.46. The minimum Gasteiger partial charge on any atom is -0.373 e. The van der Waals surface area contributed by atoms with Crippen LogP contribution in [0.2, 0.25) is 5.15 Å². The molecular formula is C10H12ClN3. The molecule has 0 unspecified atom stereocenters. The summed E-state index contributed by atoms with van der Waals surface area (Å²) in [6.07, 6.45) is 3.57. The topological polar surface area (TPSA) is 37.3 Å². The molecule has 1 aliphatic rings. The summed E-state index contributed by atoms with van der Waals surface area (Å²) in [5.74, 6) is 1.02. The third-order valence-electron chi connectivity index (χ3n) is 2.16. The normalized spacial score (nSPS) is 15.9. The van der Waals surface area contributed by atoms with Gasteiger partial charge in [-0.2, -0.15) is 0 Å². The van der Waals surface area contributed by atoms with Gasteiger partial charge in [-0.3, -0.25) is 4.99 Å². The number of nitrogens with one attached hydrogen (secondary N) is 1. The standard InChI is InChI=1S/C10H12ClN3/c11-10-8(3-1-4-14-10)7-9-12-5-2-6-13-9/h1,3-4H,2,5-7H2,(H,12,13). The minimum atomic E-state index is 0.572. The SMILES string of the molecule is Clc1ncccc1CC1=NCCCN1. The summed E-state index contributed by atoms with van der Waals surface area (Å²) in [6, 6.07) is 3.87. The molecule has 0 saturated heterocycles. The Kier molecular flexibility index (Phi) is 2.99. The van der Waals surface area contributed by atoms with Crippen LogP contribution in [0.1, 0.15) is 12.0 Å². The maximum Gasteiger partial charge on any atom is 0.132 e. The first-order chi connectivity index (χ1) is 6.86. The fraction of sp³-hybridized carbons (Fsp3) is 0.400. The zero-order valence-electron chi connectivity index (χ0n) is 7.83. The molecular weight excluding hydrogens is 198 g/mol. The summed E-state index contributed by atoms with van der Waals surface area (Å²) in [6.45, 7) is 1.93. The predicted molar refractivity (Wildman–Crippen MR) is 57.9 cm³/mol. The van der Waals surface area contributed by atoms with Crippen molar-refractivity contribution in [1.29, 1.82) is 0 Å². The average molecular weight is 210 g/mol. The molecule has 0 atom stereocenters. The van der Waals surface area contributed by atoms with Crippen LogP contribution in [0.15, 0.2) is 23.3 Å². The van der Waals surface area contributed by atoms with Crippen molar-refractivity contribution in [3.8, 4) is 0 Å². The fourth-order valence-electron chi connectivity index (χ4n) is 1.43. The molecule has 1 aromatic heterocycles. The van der Waals surface area contributed by atoms with Crippen molar-refractivity contribution in [2.45, 2.75) is 12.8 Å². The second kappa shape index (κ2) is 4.42. The maximum atomic E-state index is 5.95. The van der Waals surface area contributed by atoms with Gasteiger partial charge in [0, 0.05) is 25.7 Å². The van der Waals surface area contributed by atoms with Gasteiger partial charge in [0.05, 0.1) is 0 Å². The van der Waals surface area contributed by atoms with Crippen molar-refractivity contribution in [3.63, 3.8) is 0 Å². The summed E-state index contributed by atoms with van der Waals surface area (Å²) < 4.78 is 0. The van der Waals surface area contributed by atoms with E-state index in [0.29, 0.717) is 5.15 Å². The van der Waals surface area contributed by atoms with Gasteiger partial charge in [0.2, 0.25) is 0 Å².